The normalized spacial score (nSPS) is 10.7. The average molecular weight is 386 g/mol. The highest BCUT2D eigenvalue weighted by Crippen LogP contribution is 2.12. The largest absolute Gasteiger partial charge is 0.353 e. The van der Waals surface area contributed by atoms with Crippen molar-refractivity contribution in [2.75, 3.05) is 6.54 Å². The molecule has 2 rings (SSSR count). The van der Waals surface area contributed by atoms with Crippen molar-refractivity contribution in [3.63, 3.8) is 0 Å². The van der Waals surface area contributed by atoms with E-state index in [-0.39, 0.29) is 22.8 Å². The first-order valence-corrected chi connectivity index (χ1v) is 8.42. The number of nitro groups is 2. The second-order valence-corrected chi connectivity index (χ2v) is 5.86. The lowest BCUT2D eigenvalue weighted by atomic mass is 10.2. The van der Waals surface area contributed by atoms with Gasteiger partial charge in [-0.1, -0.05) is 0 Å². The van der Waals surface area contributed by atoms with Gasteiger partial charge in [-0.3, -0.25) is 29.8 Å². The molecule has 1 aromatic carbocycles. The van der Waals surface area contributed by atoms with Crippen LogP contribution in [0.2, 0.25) is 0 Å². The minimum Gasteiger partial charge on any atom is -0.353 e. The number of rotatable bonds is 9. The van der Waals surface area contributed by atoms with Crippen LogP contribution in [0, 0.1) is 20.2 Å². The van der Waals surface area contributed by atoms with E-state index in [1.807, 2.05) is 0 Å². The zero-order valence-corrected chi connectivity index (χ0v) is 14.8. The van der Waals surface area contributed by atoms with Crippen molar-refractivity contribution in [1.29, 1.82) is 0 Å². The molecule has 0 saturated carbocycles. The highest BCUT2D eigenvalue weighted by Gasteiger charge is 2.07. The first-order chi connectivity index (χ1) is 13.4. The molecule has 0 atom stereocenters. The first-order valence-electron chi connectivity index (χ1n) is 8.42. The number of carbonyl (C=O) groups is 1. The van der Waals surface area contributed by atoms with Crippen LogP contribution in [0.25, 0.3) is 6.08 Å². The molecule has 0 spiro atoms. The third-order valence-corrected chi connectivity index (χ3v) is 3.83. The van der Waals surface area contributed by atoms with Crippen LogP contribution in [-0.2, 0) is 11.3 Å². The second-order valence-electron chi connectivity index (χ2n) is 5.86. The van der Waals surface area contributed by atoms with E-state index in [0.717, 1.165) is 12.1 Å². The fourth-order valence-corrected chi connectivity index (χ4v) is 2.36. The third kappa shape index (κ3) is 6.16. The smallest absolute Gasteiger partial charge is 0.285 e. The fraction of sp³-hybridized carbons (Fsp3) is 0.222. The van der Waals surface area contributed by atoms with Gasteiger partial charge in [-0.05, 0) is 36.6 Å². The highest BCUT2D eigenvalue weighted by molar-refractivity contribution is 5.91. The Balaban J connectivity index is 1.74. The van der Waals surface area contributed by atoms with E-state index in [1.54, 1.807) is 18.2 Å². The van der Waals surface area contributed by atoms with Crippen LogP contribution in [0.4, 0.5) is 11.4 Å². The Morgan fingerprint density at radius 3 is 2.29 bits per heavy atom. The minimum absolute atomic E-state index is 0.0237. The summed E-state index contributed by atoms with van der Waals surface area (Å²) in [7, 11) is 0. The number of amides is 1. The number of aryl methyl sites for hydroxylation is 1. The molecule has 0 unspecified atom stereocenters. The average Bonchev–Trinajstić information content (AvgIpc) is 2.67. The van der Waals surface area contributed by atoms with Gasteiger partial charge in [0.15, 0.2) is 0 Å². The molecule has 10 heteroatoms. The maximum atomic E-state index is 11.8. The molecule has 28 heavy (non-hydrogen) atoms. The van der Waals surface area contributed by atoms with Gasteiger partial charge in [-0.2, -0.15) is 0 Å². The van der Waals surface area contributed by atoms with Gasteiger partial charge in [0.1, 0.15) is 0 Å². The standard InChI is InChI=1S/C18H18N4O6/c23-17(9-5-14-3-6-15(7-4-14)21(25)26)19-11-1-2-12-20-13-16(22(27)28)8-10-18(20)24/h3-10,13H,1-2,11-12H2,(H,19,23)/b9-5+. The highest BCUT2D eigenvalue weighted by atomic mass is 16.6. The Morgan fingerprint density at radius 2 is 1.64 bits per heavy atom. The minimum atomic E-state index is -0.562. The molecule has 0 saturated heterocycles. The van der Waals surface area contributed by atoms with Gasteiger partial charge in [0.25, 0.3) is 16.9 Å². The van der Waals surface area contributed by atoms with Crippen LogP contribution in [0.1, 0.15) is 18.4 Å². The summed E-state index contributed by atoms with van der Waals surface area (Å²) in [6.45, 7) is 0.697. The molecular formula is C18H18N4O6. The lowest BCUT2D eigenvalue weighted by Crippen LogP contribution is -2.23. The number of pyridine rings is 1. The van der Waals surface area contributed by atoms with E-state index in [2.05, 4.69) is 5.32 Å². The molecule has 0 bridgehead atoms. The van der Waals surface area contributed by atoms with Crippen molar-refractivity contribution in [2.24, 2.45) is 0 Å². The molecule has 0 aliphatic heterocycles. The van der Waals surface area contributed by atoms with E-state index in [1.165, 1.54) is 29.0 Å². The van der Waals surface area contributed by atoms with E-state index >= 15 is 0 Å². The van der Waals surface area contributed by atoms with Crippen LogP contribution < -0.4 is 10.9 Å². The molecule has 2 aromatic rings. The molecule has 1 aromatic heterocycles. The summed E-state index contributed by atoms with van der Waals surface area (Å²) in [6, 6.07) is 8.11. The van der Waals surface area contributed by atoms with E-state index < -0.39 is 9.85 Å². The van der Waals surface area contributed by atoms with Crippen molar-refractivity contribution in [3.8, 4) is 0 Å². The van der Waals surface area contributed by atoms with Gasteiger partial charge < -0.3 is 9.88 Å². The Kier molecular flexibility index (Phi) is 7.14. The number of non-ortho nitro benzene ring substituents is 1. The Hall–Kier alpha value is -3.82. The summed E-state index contributed by atoms with van der Waals surface area (Å²) in [4.78, 5) is 43.7. The molecule has 146 valence electrons. The van der Waals surface area contributed by atoms with Gasteiger partial charge in [-0.15, -0.1) is 0 Å². The summed E-state index contributed by atoms with van der Waals surface area (Å²) in [5.41, 5.74) is 0.167. The van der Waals surface area contributed by atoms with Crippen molar-refractivity contribution in [2.45, 2.75) is 19.4 Å². The molecular weight excluding hydrogens is 368 g/mol. The summed E-state index contributed by atoms with van der Waals surface area (Å²) < 4.78 is 1.27. The maximum absolute atomic E-state index is 11.8. The van der Waals surface area contributed by atoms with Gasteiger partial charge in [-0.25, -0.2) is 0 Å². The van der Waals surface area contributed by atoms with E-state index in [9.17, 15) is 29.8 Å². The predicted molar refractivity (Wildman–Crippen MR) is 102 cm³/mol. The number of nitrogens with zero attached hydrogens (tertiary/aromatic N) is 3. The van der Waals surface area contributed by atoms with Crippen LogP contribution in [0.5, 0.6) is 0 Å². The van der Waals surface area contributed by atoms with Crippen molar-refractivity contribution < 1.29 is 14.6 Å². The molecule has 0 aliphatic carbocycles. The third-order valence-electron chi connectivity index (χ3n) is 3.83. The van der Waals surface area contributed by atoms with Crippen LogP contribution in [-0.4, -0.2) is 26.9 Å². The fourth-order valence-electron chi connectivity index (χ4n) is 2.36. The molecule has 0 aliphatic rings. The molecule has 0 radical (unpaired) electrons. The number of benzene rings is 1. The number of unbranched alkanes of at least 4 members (excludes halogenated alkanes) is 1. The lowest BCUT2D eigenvalue weighted by Gasteiger charge is -2.05. The Morgan fingerprint density at radius 1 is 1.00 bits per heavy atom. The number of aromatic nitrogens is 1. The van der Waals surface area contributed by atoms with Crippen molar-refractivity contribution in [3.05, 3.63) is 84.8 Å². The Bertz CT molecular complexity index is 949. The summed E-state index contributed by atoms with van der Waals surface area (Å²) in [5, 5.41) is 24.0. The number of hydrogen-bond acceptors (Lipinski definition) is 6. The Labute approximate surface area is 159 Å². The second kappa shape index (κ2) is 9.76. The number of nitrogens with one attached hydrogen (secondary N) is 1. The molecule has 1 amide bonds. The first kappa shape index (κ1) is 20.5. The van der Waals surface area contributed by atoms with Crippen LogP contribution >= 0.6 is 0 Å². The predicted octanol–water partition coefficient (Wildman–Crippen LogP) is 2.27. The van der Waals surface area contributed by atoms with Crippen molar-refractivity contribution >= 4 is 23.4 Å². The summed E-state index contributed by atoms with van der Waals surface area (Å²) >= 11 is 0. The SMILES string of the molecule is O=C(/C=C/c1ccc([N+](=O)[O-])cc1)NCCCCn1cc([N+](=O)[O-])ccc1=O. The summed E-state index contributed by atoms with van der Waals surface area (Å²) in [5.74, 6) is -0.314. The van der Waals surface area contributed by atoms with E-state index in [0.29, 0.717) is 31.5 Å². The van der Waals surface area contributed by atoms with Crippen LogP contribution in [0.3, 0.4) is 0 Å². The maximum Gasteiger partial charge on any atom is 0.285 e. The van der Waals surface area contributed by atoms with E-state index in [4.69, 9.17) is 0 Å². The number of carbonyl (C=O) groups excluding carboxylic acids is 1. The zero-order valence-electron chi connectivity index (χ0n) is 14.8. The summed E-state index contributed by atoms with van der Waals surface area (Å²) in [6.07, 6.45) is 5.22. The van der Waals surface area contributed by atoms with Gasteiger partial charge in [0, 0.05) is 43.4 Å². The quantitative estimate of drug-likeness (QED) is 0.304. The molecule has 10 nitrogen and oxygen atoms in total. The molecule has 1 heterocycles. The van der Waals surface area contributed by atoms with Crippen molar-refractivity contribution in [1.82, 2.24) is 9.88 Å². The molecule has 0 fully saturated rings. The van der Waals surface area contributed by atoms with Gasteiger partial charge in [0.05, 0.1) is 16.0 Å². The number of hydrogen-bond donors (Lipinski definition) is 1. The number of nitro benzene ring substituents is 1. The van der Waals surface area contributed by atoms with Crippen LogP contribution in [0.15, 0.2) is 53.5 Å². The zero-order chi connectivity index (χ0) is 20.5. The van der Waals surface area contributed by atoms with Gasteiger partial charge in [0.2, 0.25) is 5.91 Å². The lowest BCUT2D eigenvalue weighted by molar-refractivity contribution is -0.385. The van der Waals surface area contributed by atoms with Gasteiger partial charge >= 0.3 is 0 Å². The molecule has 1 N–H and O–H groups in total. The monoisotopic (exact) mass is 386 g/mol. The topological polar surface area (TPSA) is 137 Å².